The number of methoxy groups -OCH3 is 1. The molecule has 3 heterocycles. The van der Waals surface area contributed by atoms with Crippen molar-refractivity contribution in [1.29, 1.82) is 0 Å². The van der Waals surface area contributed by atoms with E-state index in [2.05, 4.69) is 15.2 Å². The predicted octanol–water partition coefficient (Wildman–Crippen LogP) is 5.17. The van der Waals surface area contributed by atoms with Crippen LogP contribution in [0, 0.1) is 0 Å². The number of carbonyl (C=O) groups excluding carboxylic acids is 1. The van der Waals surface area contributed by atoms with Gasteiger partial charge in [-0.15, -0.1) is 0 Å². The van der Waals surface area contributed by atoms with Crippen LogP contribution in [-0.2, 0) is 28.0 Å². The van der Waals surface area contributed by atoms with E-state index < -0.39 is 11.7 Å². The predicted molar refractivity (Wildman–Crippen MR) is 156 cm³/mol. The van der Waals surface area contributed by atoms with Gasteiger partial charge in [0.2, 0.25) is 0 Å². The van der Waals surface area contributed by atoms with Gasteiger partial charge in [-0.05, 0) is 48.7 Å². The van der Waals surface area contributed by atoms with Crippen molar-refractivity contribution >= 4 is 29.2 Å². The van der Waals surface area contributed by atoms with Crippen LogP contribution in [0.2, 0.25) is 0 Å². The average Bonchev–Trinajstić information content (AvgIpc) is 3.53. The van der Waals surface area contributed by atoms with Gasteiger partial charge >= 0.3 is 6.18 Å². The Labute approximate surface area is 247 Å². The van der Waals surface area contributed by atoms with Crippen molar-refractivity contribution in [1.82, 2.24) is 15.3 Å². The number of alkyl halides is 3. The van der Waals surface area contributed by atoms with Gasteiger partial charge in [-0.2, -0.15) is 13.2 Å². The third kappa shape index (κ3) is 7.93. The highest BCUT2D eigenvalue weighted by atomic mass is 32.2. The van der Waals surface area contributed by atoms with Gasteiger partial charge in [0, 0.05) is 69.5 Å². The lowest BCUT2D eigenvalue weighted by Gasteiger charge is -2.37. The maximum Gasteiger partial charge on any atom is 0.416 e. The monoisotopic (exact) mass is 601 g/mol. The van der Waals surface area contributed by atoms with E-state index in [4.69, 9.17) is 14.5 Å². The molecule has 8 nitrogen and oxygen atoms in total. The first-order valence-corrected chi connectivity index (χ1v) is 14.9. The van der Waals surface area contributed by atoms with Crippen LogP contribution in [0.25, 0.3) is 0 Å². The van der Waals surface area contributed by atoms with Crippen LogP contribution in [0.3, 0.4) is 0 Å². The fourth-order valence-electron chi connectivity index (χ4n) is 4.99. The largest absolute Gasteiger partial charge is 0.416 e. The highest BCUT2D eigenvalue weighted by Crippen LogP contribution is 2.32. The second-order valence-electron chi connectivity index (χ2n) is 10.3. The molecule has 224 valence electrons. The minimum Gasteiger partial charge on any atom is -0.378 e. The Hall–Kier alpha value is -3.35. The number of anilines is 2. The summed E-state index contributed by atoms with van der Waals surface area (Å²) >= 11 is 1.50. The van der Waals surface area contributed by atoms with Crippen molar-refractivity contribution in [3.63, 3.8) is 0 Å². The maximum atomic E-state index is 13.2. The minimum atomic E-state index is -4.37. The molecule has 1 atom stereocenters. The second kappa shape index (κ2) is 13.7. The average molecular weight is 602 g/mol. The normalized spacial score (nSPS) is 17.5. The van der Waals surface area contributed by atoms with E-state index in [1.165, 1.54) is 23.9 Å². The van der Waals surface area contributed by atoms with E-state index in [9.17, 15) is 18.0 Å². The molecule has 1 aromatic heterocycles. The quantitative estimate of drug-likeness (QED) is 0.252. The molecule has 3 aromatic rings. The van der Waals surface area contributed by atoms with Crippen molar-refractivity contribution < 1.29 is 27.4 Å². The number of nitrogens with zero attached hydrogens (tertiary/aromatic N) is 4. The zero-order chi connectivity index (χ0) is 29.5. The molecule has 1 amide bonds. The molecule has 1 N–H and O–H groups in total. The highest BCUT2D eigenvalue weighted by molar-refractivity contribution is 7.98. The van der Waals surface area contributed by atoms with E-state index in [1.807, 2.05) is 35.2 Å². The summed E-state index contributed by atoms with van der Waals surface area (Å²) < 4.78 is 50.4. The molecule has 2 saturated heterocycles. The smallest absolute Gasteiger partial charge is 0.378 e. The number of hydrogen-bond acceptors (Lipinski definition) is 8. The third-order valence-corrected chi connectivity index (χ3v) is 8.20. The van der Waals surface area contributed by atoms with E-state index in [1.54, 1.807) is 13.2 Å². The number of aromatic nitrogens is 2. The van der Waals surface area contributed by atoms with Gasteiger partial charge in [-0.1, -0.05) is 30.0 Å². The SMILES string of the molecule is COCc1cc(N2CCN(c3cccc(C(F)(F)F)c3)CC2)nc(SCc2ccc(C(=O)NC[C@@H]3CCCO3)cc2)n1. The number of piperazine rings is 1. The zero-order valence-corrected chi connectivity index (χ0v) is 24.2. The lowest BCUT2D eigenvalue weighted by molar-refractivity contribution is -0.137. The Morgan fingerprint density at radius 1 is 1.07 bits per heavy atom. The van der Waals surface area contributed by atoms with Gasteiger partial charge in [0.25, 0.3) is 5.91 Å². The molecule has 0 unspecified atom stereocenters. The molecule has 2 fully saturated rings. The van der Waals surface area contributed by atoms with Crippen LogP contribution < -0.4 is 15.1 Å². The first kappa shape index (κ1) is 30.1. The number of thioether (sulfide) groups is 1. The van der Waals surface area contributed by atoms with Crippen molar-refractivity contribution in [2.75, 3.05) is 56.2 Å². The van der Waals surface area contributed by atoms with E-state index >= 15 is 0 Å². The number of benzene rings is 2. The van der Waals surface area contributed by atoms with Crippen molar-refractivity contribution in [3.8, 4) is 0 Å². The van der Waals surface area contributed by atoms with Crippen LogP contribution in [0.1, 0.15) is 40.0 Å². The van der Waals surface area contributed by atoms with Gasteiger partial charge in [-0.25, -0.2) is 9.97 Å². The summed E-state index contributed by atoms with van der Waals surface area (Å²) in [6.45, 7) is 3.98. The number of rotatable bonds is 10. The zero-order valence-electron chi connectivity index (χ0n) is 23.4. The van der Waals surface area contributed by atoms with Crippen LogP contribution >= 0.6 is 11.8 Å². The lowest BCUT2D eigenvalue weighted by atomic mass is 10.1. The van der Waals surface area contributed by atoms with Gasteiger partial charge in [-0.3, -0.25) is 4.79 Å². The minimum absolute atomic E-state index is 0.0996. The molecule has 0 spiro atoms. The second-order valence-corrected chi connectivity index (χ2v) is 11.2. The van der Waals surface area contributed by atoms with Gasteiger partial charge in [0.15, 0.2) is 5.16 Å². The molecule has 0 bridgehead atoms. The molecule has 0 aliphatic carbocycles. The molecule has 5 rings (SSSR count). The van der Waals surface area contributed by atoms with Gasteiger partial charge in [0.1, 0.15) is 5.82 Å². The fourth-order valence-corrected chi connectivity index (χ4v) is 5.82. The molecule has 2 aliphatic rings. The highest BCUT2D eigenvalue weighted by Gasteiger charge is 2.31. The Bertz CT molecular complexity index is 1340. The Balaban J connectivity index is 1.19. The Morgan fingerprint density at radius 3 is 2.52 bits per heavy atom. The van der Waals surface area contributed by atoms with Gasteiger partial charge in [0.05, 0.1) is 24.0 Å². The summed E-state index contributed by atoms with van der Waals surface area (Å²) in [6.07, 6.45) is -2.26. The molecular weight excluding hydrogens is 567 g/mol. The van der Waals surface area contributed by atoms with Crippen LogP contribution in [0.4, 0.5) is 24.7 Å². The van der Waals surface area contributed by atoms with Crippen molar-refractivity contribution in [2.24, 2.45) is 0 Å². The molecule has 12 heteroatoms. The van der Waals surface area contributed by atoms with Gasteiger partial charge < -0.3 is 24.6 Å². The number of nitrogens with one attached hydrogen (secondary N) is 1. The molecular formula is C30H34F3N5O3S. The molecule has 0 saturated carbocycles. The van der Waals surface area contributed by atoms with Crippen LogP contribution in [0.15, 0.2) is 59.8 Å². The molecule has 42 heavy (non-hydrogen) atoms. The van der Waals surface area contributed by atoms with Crippen molar-refractivity contribution in [3.05, 3.63) is 77.0 Å². The number of amides is 1. The fraction of sp³-hybridized carbons (Fsp3) is 0.433. The number of hydrogen-bond donors (Lipinski definition) is 1. The maximum absolute atomic E-state index is 13.2. The third-order valence-electron chi connectivity index (χ3n) is 7.28. The summed E-state index contributed by atoms with van der Waals surface area (Å²) in [5.41, 5.74) is 2.31. The van der Waals surface area contributed by atoms with Crippen LogP contribution in [-0.4, -0.2) is 68.4 Å². The number of ether oxygens (including phenoxy) is 2. The Kier molecular flexibility index (Phi) is 9.86. The summed E-state index contributed by atoms with van der Waals surface area (Å²) in [6, 6.07) is 14.9. The lowest BCUT2D eigenvalue weighted by Crippen LogP contribution is -2.47. The number of carbonyl (C=O) groups is 1. The topological polar surface area (TPSA) is 79.8 Å². The summed E-state index contributed by atoms with van der Waals surface area (Å²) in [7, 11) is 1.61. The summed E-state index contributed by atoms with van der Waals surface area (Å²) in [4.78, 5) is 26.0. The van der Waals surface area contributed by atoms with Crippen LogP contribution in [0.5, 0.6) is 0 Å². The first-order chi connectivity index (χ1) is 20.3. The van der Waals surface area contributed by atoms with E-state index in [0.717, 1.165) is 42.6 Å². The Morgan fingerprint density at radius 2 is 1.83 bits per heavy atom. The molecule has 2 aliphatic heterocycles. The summed E-state index contributed by atoms with van der Waals surface area (Å²) in [5.74, 6) is 1.27. The molecule has 2 aromatic carbocycles. The standard InChI is InChI=1S/C30H34F3N5O3S/c1-40-19-24-17-27(38-13-11-37(12-14-38)25-5-2-4-23(16-25)30(31,32)33)36-29(35-24)42-20-21-7-9-22(10-8-21)28(39)34-18-26-6-3-15-41-26/h2,4-5,7-10,16-17,26H,3,6,11-15,18-20H2,1H3,(H,34,39)/t26-/m0/s1. The molecule has 0 radical (unpaired) electrons. The van der Waals surface area contributed by atoms with Crippen molar-refractivity contribution in [2.45, 2.75) is 42.6 Å². The summed E-state index contributed by atoms with van der Waals surface area (Å²) in [5, 5.41) is 3.55. The van der Waals surface area contributed by atoms with E-state index in [0.29, 0.717) is 61.5 Å². The first-order valence-electron chi connectivity index (χ1n) is 13.9. The van der Waals surface area contributed by atoms with E-state index in [-0.39, 0.29) is 12.0 Å². The number of halogens is 3.